The minimum atomic E-state index is -0.0174. The van der Waals surface area contributed by atoms with Gasteiger partial charge in [-0.15, -0.1) is 0 Å². The van der Waals surface area contributed by atoms with Crippen molar-refractivity contribution >= 4 is 33.6 Å². The van der Waals surface area contributed by atoms with Crippen LogP contribution in [0, 0.1) is 0 Å². The molecule has 0 N–H and O–H groups in total. The predicted molar refractivity (Wildman–Crippen MR) is 77.1 cm³/mol. The molecule has 98 valence electrons. The molecule has 1 atom stereocenters. The topological polar surface area (TPSA) is 46.1 Å². The molecular weight excluding hydrogens is 326 g/mol. The largest absolute Gasteiger partial charge is 0.330 e. The van der Waals surface area contributed by atoms with E-state index in [4.69, 9.17) is 0 Å². The van der Waals surface area contributed by atoms with E-state index in [1.165, 1.54) is 5.56 Å². The fourth-order valence-corrected chi connectivity index (χ4v) is 3.30. The van der Waals surface area contributed by atoms with Crippen molar-refractivity contribution in [1.29, 1.82) is 0 Å². The Labute approximate surface area is 123 Å². The molecule has 1 aromatic carbocycles. The first kappa shape index (κ1) is 12.7. The van der Waals surface area contributed by atoms with E-state index >= 15 is 0 Å². The normalized spacial score (nSPS) is 18.8. The Morgan fingerprint density at radius 3 is 3.11 bits per heavy atom. The van der Waals surface area contributed by atoms with Gasteiger partial charge in [-0.05, 0) is 30.5 Å². The first-order valence-electron chi connectivity index (χ1n) is 6.10. The molecule has 1 saturated heterocycles. The highest BCUT2D eigenvalue weighted by Gasteiger charge is 2.31. The molecule has 0 aliphatic carbocycles. The summed E-state index contributed by atoms with van der Waals surface area (Å²) >= 11 is 4.55. The van der Waals surface area contributed by atoms with Crippen molar-refractivity contribution in [2.24, 2.45) is 0 Å². The predicted octanol–water partition coefficient (Wildman–Crippen LogP) is 3.28. The number of rotatable bonds is 2. The van der Waals surface area contributed by atoms with E-state index in [0.29, 0.717) is 5.69 Å². The van der Waals surface area contributed by atoms with Crippen molar-refractivity contribution in [1.82, 2.24) is 13.6 Å². The summed E-state index contributed by atoms with van der Waals surface area (Å²) in [6.07, 6.45) is 3.57. The minimum Gasteiger partial charge on any atom is -0.330 e. The van der Waals surface area contributed by atoms with E-state index in [-0.39, 0.29) is 11.9 Å². The average molecular weight is 338 g/mol. The Morgan fingerprint density at radius 1 is 1.47 bits per heavy atom. The lowest BCUT2D eigenvalue weighted by molar-refractivity contribution is 0.0730. The van der Waals surface area contributed by atoms with Gasteiger partial charge in [0.1, 0.15) is 0 Å². The van der Waals surface area contributed by atoms with Crippen LogP contribution in [0.25, 0.3) is 0 Å². The third-order valence-electron chi connectivity index (χ3n) is 3.33. The number of likely N-dealkylation sites (tertiary alicyclic amines) is 1. The van der Waals surface area contributed by atoms with E-state index in [1.54, 1.807) is 6.20 Å². The summed E-state index contributed by atoms with van der Waals surface area (Å²) in [6.45, 7) is 0.785. The fourth-order valence-electron chi connectivity index (χ4n) is 2.48. The van der Waals surface area contributed by atoms with Gasteiger partial charge in [-0.2, -0.15) is 8.75 Å². The Bertz CT molecular complexity index is 587. The van der Waals surface area contributed by atoms with Crippen molar-refractivity contribution in [3.63, 3.8) is 0 Å². The van der Waals surface area contributed by atoms with Crippen LogP contribution in [0.2, 0.25) is 0 Å². The number of hydrogen-bond donors (Lipinski definition) is 0. The summed E-state index contributed by atoms with van der Waals surface area (Å²) in [6, 6.07) is 8.29. The molecule has 0 spiro atoms. The summed E-state index contributed by atoms with van der Waals surface area (Å²) in [5, 5.41) is 0. The third kappa shape index (κ3) is 2.55. The molecule has 1 aliphatic rings. The Balaban J connectivity index is 1.88. The number of hydrogen-bond acceptors (Lipinski definition) is 4. The Kier molecular flexibility index (Phi) is 3.61. The van der Waals surface area contributed by atoms with Gasteiger partial charge in [0.25, 0.3) is 5.91 Å². The maximum Gasteiger partial charge on any atom is 0.275 e. The Morgan fingerprint density at radius 2 is 2.37 bits per heavy atom. The molecule has 2 heterocycles. The number of carbonyl (C=O) groups excluding carboxylic acids is 1. The van der Waals surface area contributed by atoms with Gasteiger partial charge < -0.3 is 4.90 Å². The molecule has 0 saturated carbocycles. The lowest BCUT2D eigenvalue weighted by Crippen LogP contribution is -2.30. The van der Waals surface area contributed by atoms with Crippen molar-refractivity contribution in [3.8, 4) is 0 Å². The summed E-state index contributed by atoms with van der Waals surface area (Å²) in [4.78, 5) is 14.3. The van der Waals surface area contributed by atoms with Crippen LogP contribution in [-0.4, -0.2) is 26.1 Å². The lowest BCUT2D eigenvalue weighted by Gasteiger charge is -2.24. The zero-order chi connectivity index (χ0) is 13.2. The van der Waals surface area contributed by atoms with Crippen LogP contribution in [-0.2, 0) is 0 Å². The van der Waals surface area contributed by atoms with Crippen LogP contribution >= 0.6 is 27.7 Å². The van der Waals surface area contributed by atoms with Crippen LogP contribution in [0.15, 0.2) is 34.9 Å². The number of carbonyl (C=O) groups is 1. The SMILES string of the molecule is O=C(c1cnsn1)N1CCCC1c1cccc(Br)c1. The monoisotopic (exact) mass is 337 g/mol. The summed E-state index contributed by atoms with van der Waals surface area (Å²) in [7, 11) is 0. The maximum atomic E-state index is 12.4. The van der Waals surface area contributed by atoms with Crippen molar-refractivity contribution in [2.75, 3.05) is 6.54 Å². The van der Waals surface area contributed by atoms with E-state index in [9.17, 15) is 4.79 Å². The highest BCUT2D eigenvalue weighted by Crippen LogP contribution is 2.33. The second kappa shape index (κ2) is 5.38. The zero-order valence-electron chi connectivity index (χ0n) is 10.1. The quantitative estimate of drug-likeness (QED) is 0.844. The molecule has 0 bridgehead atoms. The first-order chi connectivity index (χ1) is 9.25. The van der Waals surface area contributed by atoms with Crippen LogP contribution in [0.1, 0.15) is 34.9 Å². The molecule has 1 aromatic heterocycles. The summed E-state index contributed by atoms with van der Waals surface area (Å²) < 4.78 is 8.98. The smallest absolute Gasteiger partial charge is 0.275 e. The second-order valence-corrected chi connectivity index (χ2v) is 5.98. The number of amides is 1. The van der Waals surface area contributed by atoms with Gasteiger partial charge in [0.15, 0.2) is 5.69 Å². The molecular formula is C13H12BrN3OS. The molecule has 1 amide bonds. The molecule has 6 heteroatoms. The van der Waals surface area contributed by atoms with Crippen molar-refractivity contribution < 1.29 is 4.79 Å². The van der Waals surface area contributed by atoms with E-state index in [2.05, 4.69) is 36.8 Å². The average Bonchev–Trinajstić information content (AvgIpc) is 3.09. The Hall–Kier alpha value is -1.27. The molecule has 1 fully saturated rings. The molecule has 1 aliphatic heterocycles. The number of halogens is 1. The van der Waals surface area contributed by atoms with E-state index in [1.807, 2.05) is 17.0 Å². The zero-order valence-corrected chi connectivity index (χ0v) is 12.5. The van der Waals surface area contributed by atoms with Gasteiger partial charge in [-0.3, -0.25) is 4.79 Å². The molecule has 1 unspecified atom stereocenters. The van der Waals surface area contributed by atoms with Gasteiger partial charge in [0.05, 0.1) is 24.0 Å². The van der Waals surface area contributed by atoms with Crippen molar-refractivity contribution in [3.05, 3.63) is 46.2 Å². The van der Waals surface area contributed by atoms with Gasteiger partial charge in [0, 0.05) is 11.0 Å². The molecule has 2 aromatic rings. The minimum absolute atomic E-state index is 0.0174. The standard InChI is InChI=1S/C13H12BrN3OS/c14-10-4-1-3-9(7-10)12-5-2-6-17(12)13(18)11-8-15-19-16-11/h1,3-4,7-8,12H,2,5-6H2. The van der Waals surface area contributed by atoms with Crippen LogP contribution < -0.4 is 0 Å². The van der Waals surface area contributed by atoms with E-state index in [0.717, 1.165) is 35.6 Å². The van der Waals surface area contributed by atoms with Crippen LogP contribution in [0.5, 0.6) is 0 Å². The highest BCUT2D eigenvalue weighted by atomic mass is 79.9. The number of nitrogens with zero attached hydrogens (tertiary/aromatic N) is 3. The molecule has 0 radical (unpaired) electrons. The van der Waals surface area contributed by atoms with Gasteiger partial charge in [0.2, 0.25) is 0 Å². The van der Waals surface area contributed by atoms with Crippen LogP contribution in [0.3, 0.4) is 0 Å². The van der Waals surface area contributed by atoms with Crippen molar-refractivity contribution in [2.45, 2.75) is 18.9 Å². The molecule has 4 nitrogen and oxygen atoms in total. The highest BCUT2D eigenvalue weighted by molar-refractivity contribution is 9.10. The first-order valence-corrected chi connectivity index (χ1v) is 7.62. The second-order valence-electron chi connectivity index (χ2n) is 4.50. The fraction of sp³-hybridized carbons (Fsp3) is 0.308. The molecule has 3 rings (SSSR count). The number of aromatic nitrogens is 2. The summed E-state index contributed by atoms with van der Waals surface area (Å²) in [5.74, 6) is -0.0174. The van der Waals surface area contributed by atoms with Gasteiger partial charge in [-0.1, -0.05) is 28.1 Å². The lowest BCUT2D eigenvalue weighted by atomic mass is 10.0. The maximum absolute atomic E-state index is 12.4. The molecule has 19 heavy (non-hydrogen) atoms. The third-order valence-corrected chi connectivity index (χ3v) is 4.30. The number of benzene rings is 1. The van der Waals surface area contributed by atoms with E-state index < -0.39 is 0 Å². The van der Waals surface area contributed by atoms with Gasteiger partial charge >= 0.3 is 0 Å². The van der Waals surface area contributed by atoms with Gasteiger partial charge in [-0.25, -0.2) is 0 Å². The van der Waals surface area contributed by atoms with Crippen LogP contribution in [0.4, 0.5) is 0 Å². The summed E-state index contributed by atoms with van der Waals surface area (Å²) in [5.41, 5.74) is 1.62.